The molecule has 0 radical (unpaired) electrons. The van der Waals surface area contributed by atoms with Crippen LogP contribution >= 0.6 is 0 Å². The third-order valence-corrected chi connectivity index (χ3v) is 4.28. The maximum atomic E-state index is 12.8. The Morgan fingerprint density at radius 3 is 2.67 bits per heavy atom. The summed E-state index contributed by atoms with van der Waals surface area (Å²) in [4.78, 5) is 12.8. The second kappa shape index (κ2) is 4.86. The second-order valence-corrected chi connectivity index (χ2v) is 5.71. The summed E-state index contributed by atoms with van der Waals surface area (Å²) in [6.45, 7) is 0.184. The highest BCUT2D eigenvalue weighted by Gasteiger charge is 2.20. The molecule has 0 saturated carbocycles. The molecule has 0 N–H and O–H groups in total. The number of ketones is 1. The van der Waals surface area contributed by atoms with Crippen molar-refractivity contribution >= 4 is 27.5 Å². The van der Waals surface area contributed by atoms with Gasteiger partial charge in [0.15, 0.2) is 17.3 Å². The Kier molecular flexibility index (Phi) is 2.67. The third kappa shape index (κ3) is 1.90. The van der Waals surface area contributed by atoms with E-state index in [2.05, 4.69) is 0 Å². The molecule has 2 heterocycles. The van der Waals surface area contributed by atoms with E-state index in [-0.39, 0.29) is 12.6 Å². The monoisotopic (exact) mass is 316 g/mol. The quantitative estimate of drug-likeness (QED) is 0.509. The van der Waals surface area contributed by atoms with Gasteiger partial charge in [0.25, 0.3) is 0 Å². The van der Waals surface area contributed by atoms with Crippen LogP contribution in [0, 0.1) is 0 Å². The van der Waals surface area contributed by atoms with Crippen LogP contribution in [0.3, 0.4) is 0 Å². The van der Waals surface area contributed by atoms with E-state index < -0.39 is 0 Å². The lowest BCUT2D eigenvalue weighted by Crippen LogP contribution is -1.99. The van der Waals surface area contributed by atoms with E-state index in [4.69, 9.17) is 13.9 Å². The van der Waals surface area contributed by atoms with E-state index in [9.17, 15) is 4.79 Å². The number of benzene rings is 3. The number of carbonyl (C=O) groups is 1. The van der Waals surface area contributed by atoms with E-state index in [1.165, 1.54) is 0 Å². The number of fused-ring (bicyclic) bond motifs is 4. The maximum absolute atomic E-state index is 12.8. The van der Waals surface area contributed by atoms with Gasteiger partial charge in [-0.15, -0.1) is 0 Å². The molecule has 4 nitrogen and oxygen atoms in total. The smallest absolute Gasteiger partial charge is 0.231 e. The molecule has 0 unspecified atom stereocenters. The van der Waals surface area contributed by atoms with Crippen molar-refractivity contribution in [3.8, 4) is 11.5 Å². The minimum Gasteiger partial charge on any atom is -0.454 e. The molecule has 1 aliphatic rings. The number of rotatable bonds is 2. The fourth-order valence-electron chi connectivity index (χ4n) is 3.08. The van der Waals surface area contributed by atoms with Crippen molar-refractivity contribution in [2.75, 3.05) is 6.79 Å². The topological polar surface area (TPSA) is 48.7 Å². The van der Waals surface area contributed by atoms with E-state index in [1.54, 1.807) is 18.2 Å². The highest BCUT2D eigenvalue weighted by Crippen LogP contribution is 2.34. The van der Waals surface area contributed by atoms with Gasteiger partial charge in [0.2, 0.25) is 12.6 Å². The van der Waals surface area contributed by atoms with Crippen LogP contribution in [0.4, 0.5) is 0 Å². The average molecular weight is 316 g/mol. The standard InChI is InChI=1S/C20H12O4/c21-20(13-6-8-17-18(9-13)23-11-22-17)19-10-15-14-4-2-1-3-12(14)5-7-16(15)24-19/h1-10H,11H2. The predicted octanol–water partition coefficient (Wildman–Crippen LogP) is 4.55. The van der Waals surface area contributed by atoms with Gasteiger partial charge in [0.1, 0.15) is 5.58 Å². The molecule has 0 amide bonds. The maximum Gasteiger partial charge on any atom is 0.231 e. The van der Waals surface area contributed by atoms with Crippen LogP contribution in [0.25, 0.3) is 21.7 Å². The van der Waals surface area contributed by atoms with E-state index >= 15 is 0 Å². The second-order valence-electron chi connectivity index (χ2n) is 5.71. The summed E-state index contributed by atoms with van der Waals surface area (Å²) in [5.74, 6) is 1.39. The van der Waals surface area contributed by atoms with Gasteiger partial charge in [-0.2, -0.15) is 0 Å². The fourth-order valence-corrected chi connectivity index (χ4v) is 3.08. The predicted molar refractivity (Wildman–Crippen MR) is 89.7 cm³/mol. The minimum absolute atomic E-state index is 0.173. The molecule has 1 aromatic heterocycles. The molecular weight excluding hydrogens is 304 g/mol. The van der Waals surface area contributed by atoms with Crippen molar-refractivity contribution < 1.29 is 18.7 Å². The molecule has 4 heteroatoms. The molecule has 116 valence electrons. The molecule has 24 heavy (non-hydrogen) atoms. The Balaban J connectivity index is 1.63. The first kappa shape index (κ1) is 13.2. The van der Waals surface area contributed by atoms with Gasteiger partial charge in [-0.1, -0.05) is 30.3 Å². The lowest BCUT2D eigenvalue weighted by atomic mass is 10.1. The van der Waals surface area contributed by atoms with Crippen LogP contribution in [0.2, 0.25) is 0 Å². The van der Waals surface area contributed by atoms with Gasteiger partial charge in [-0.05, 0) is 41.1 Å². The van der Waals surface area contributed by atoms with Crippen molar-refractivity contribution in [3.05, 3.63) is 72.0 Å². The molecule has 0 fully saturated rings. The number of furan rings is 1. The summed E-state index contributed by atoms with van der Waals surface area (Å²) in [5.41, 5.74) is 1.22. The highest BCUT2D eigenvalue weighted by atomic mass is 16.7. The molecule has 0 saturated heterocycles. The number of ether oxygens (including phenoxy) is 2. The first-order chi connectivity index (χ1) is 11.8. The van der Waals surface area contributed by atoms with E-state index in [0.29, 0.717) is 28.4 Å². The van der Waals surface area contributed by atoms with Crippen LogP contribution in [-0.2, 0) is 0 Å². The van der Waals surface area contributed by atoms with Gasteiger partial charge in [-0.3, -0.25) is 4.79 Å². The first-order valence-electron chi connectivity index (χ1n) is 7.65. The van der Waals surface area contributed by atoms with E-state index in [1.807, 2.05) is 42.5 Å². The fraction of sp³-hybridized carbons (Fsp3) is 0.0500. The van der Waals surface area contributed by atoms with Gasteiger partial charge < -0.3 is 13.9 Å². The van der Waals surface area contributed by atoms with Crippen molar-refractivity contribution in [1.29, 1.82) is 0 Å². The zero-order valence-corrected chi connectivity index (χ0v) is 12.6. The van der Waals surface area contributed by atoms with Crippen LogP contribution < -0.4 is 9.47 Å². The molecule has 3 aromatic carbocycles. The number of carbonyl (C=O) groups excluding carboxylic acids is 1. The van der Waals surface area contributed by atoms with Crippen LogP contribution in [-0.4, -0.2) is 12.6 Å². The largest absolute Gasteiger partial charge is 0.454 e. The Hall–Kier alpha value is -3.27. The Morgan fingerprint density at radius 2 is 1.71 bits per heavy atom. The van der Waals surface area contributed by atoms with Gasteiger partial charge in [-0.25, -0.2) is 0 Å². The molecular formula is C20H12O4. The summed E-state index contributed by atoms with van der Waals surface area (Å²) >= 11 is 0. The number of hydrogen-bond acceptors (Lipinski definition) is 4. The van der Waals surface area contributed by atoms with E-state index in [0.717, 1.165) is 16.2 Å². The van der Waals surface area contributed by atoms with Crippen molar-refractivity contribution in [3.63, 3.8) is 0 Å². The molecule has 0 spiro atoms. The zero-order chi connectivity index (χ0) is 16.1. The normalized spacial score (nSPS) is 12.8. The van der Waals surface area contributed by atoms with Crippen molar-refractivity contribution in [2.24, 2.45) is 0 Å². The SMILES string of the molecule is O=C(c1ccc2c(c1)OCO2)c1cc2c(ccc3ccccc32)o1. The molecule has 1 aliphatic heterocycles. The summed E-state index contributed by atoms with van der Waals surface area (Å²) in [5, 5.41) is 3.13. The summed E-state index contributed by atoms with van der Waals surface area (Å²) < 4.78 is 16.4. The zero-order valence-electron chi connectivity index (χ0n) is 12.6. The summed E-state index contributed by atoms with van der Waals surface area (Å²) in [7, 11) is 0. The molecule has 0 bridgehead atoms. The Bertz CT molecular complexity index is 1110. The lowest BCUT2D eigenvalue weighted by molar-refractivity contribution is 0.101. The molecule has 0 atom stereocenters. The Morgan fingerprint density at radius 1 is 0.833 bits per heavy atom. The van der Waals surface area contributed by atoms with Crippen molar-refractivity contribution in [2.45, 2.75) is 0 Å². The molecule has 4 aromatic rings. The summed E-state index contributed by atoms with van der Waals surface area (Å²) in [6, 6.07) is 18.9. The number of hydrogen-bond donors (Lipinski definition) is 0. The summed E-state index contributed by atoms with van der Waals surface area (Å²) in [6.07, 6.45) is 0. The van der Waals surface area contributed by atoms with Gasteiger partial charge in [0, 0.05) is 10.9 Å². The van der Waals surface area contributed by atoms with Gasteiger partial charge >= 0.3 is 0 Å². The first-order valence-corrected chi connectivity index (χ1v) is 7.65. The minimum atomic E-state index is -0.173. The molecule has 5 rings (SSSR count). The Labute approximate surface area is 137 Å². The van der Waals surface area contributed by atoms with Crippen LogP contribution in [0.15, 0.2) is 65.1 Å². The molecule has 0 aliphatic carbocycles. The van der Waals surface area contributed by atoms with Crippen LogP contribution in [0.5, 0.6) is 11.5 Å². The van der Waals surface area contributed by atoms with Crippen molar-refractivity contribution in [1.82, 2.24) is 0 Å². The van der Waals surface area contributed by atoms with Crippen LogP contribution in [0.1, 0.15) is 16.1 Å². The highest BCUT2D eigenvalue weighted by molar-refractivity contribution is 6.13. The lowest BCUT2D eigenvalue weighted by Gasteiger charge is -1.99. The third-order valence-electron chi connectivity index (χ3n) is 4.28. The van der Waals surface area contributed by atoms with Gasteiger partial charge in [0.05, 0.1) is 0 Å². The average Bonchev–Trinajstić information content (AvgIpc) is 3.27.